The van der Waals surface area contributed by atoms with Crippen LogP contribution < -0.4 is 5.23 Å². The molecule has 1 aliphatic rings. The number of nitrogens with zero attached hydrogens (tertiary/aromatic N) is 1. The molecule has 5 nitrogen and oxygen atoms in total. The third-order valence-corrected chi connectivity index (χ3v) is 2.94. The highest BCUT2D eigenvalue weighted by Gasteiger charge is 2.33. The lowest BCUT2D eigenvalue weighted by molar-refractivity contribution is 0.0291. The molecule has 0 saturated heterocycles. The van der Waals surface area contributed by atoms with Crippen LogP contribution in [-0.4, -0.2) is 27.4 Å². The molecular formula is C11H13NO4. The summed E-state index contributed by atoms with van der Waals surface area (Å²) in [6.07, 6.45) is -0.254. The van der Waals surface area contributed by atoms with Gasteiger partial charge in [-0.3, -0.25) is 15.2 Å². The molecule has 1 aromatic rings. The average molecular weight is 223 g/mol. The van der Waals surface area contributed by atoms with Crippen molar-refractivity contribution in [3.63, 3.8) is 0 Å². The van der Waals surface area contributed by atoms with Crippen molar-refractivity contribution < 1.29 is 20.3 Å². The summed E-state index contributed by atoms with van der Waals surface area (Å²) in [7, 11) is 0. The lowest BCUT2D eigenvalue weighted by atomic mass is 10.00. The van der Waals surface area contributed by atoms with Crippen molar-refractivity contribution in [1.29, 1.82) is 0 Å². The van der Waals surface area contributed by atoms with Crippen LogP contribution in [0.4, 0.5) is 5.69 Å². The quantitative estimate of drug-likeness (QED) is 0.652. The van der Waals surface area contributed by atoms with Crippen LogP contribution in [0.15, 0.2) is 18.2 Å². The molecule has 0 radical (unpaired) electrons. The summed E-state index contributed by atoms with van der Waals surface area (Å²) in [5, 5.41) is 27.2. The molecule has 1 aliphatic carbocycles. The van der Waals surface area contributed by atoms with Gasteiger partial charge in [-0.1, -0.05) is 0 Å². The van der Waals surface area contributed by atoms with Crippen LogP contribution in [0.5, 0.6) is 0 Å². The summed E-state index contributed by atoms with van der Waals surface area (Å²) in [4.78, 5) is 11.8. The Bertz CT molecular complexity index is 428. The minimum atomic E-state index is -0.692. The maximum Gasteiger partial charge on any atom is 0.169 e. The zero-order valence-electron chi connectivity index (χ0n) is 8.79. The van der Waals surface area contributed by atoms with Crippen LogP contribution >= 0.6 is 0 Å². The predicted octanol–water partition coefficient (Wildman–Crippen LogP) is 1.01. The maximum absolute atomic E-state index is 11.8. The van der Waals surface area contributed by atoms with Crippen LogP contribution in [0.1, 0.15) is 22.8 Å². The third-order valence-electron chi connectivity index (χ3n) is 2.94. The van der Waals surface area contributed by atoms with Crippen molar-refractivity contribution in [2.24, 2.45) is 5.92 Å². The van der Waals surface area contributed by atoms with Gasteiger partial charge in [0.15, 0.2) is 5.78 Å². The summed E-state index contributed by atoms with van der Waals surface area (Å²) in [6, 6.07) is 4.53. The molecule has 1 aromatic carbocycles. The van der Waals surface area contributed by atoms with Crippen molar-refractivity contribution in [2.75, 3.05) is 5.23 Å². The van der Waals surface area contributed by atoms with Crippen LogP contribution in [0.25, 0.3) is 0 Å². The van der Waals surface area contributed by atoms with Crippen molar-refractivity contribution in [3.8, 4) is 0 Å². The van der Waals surface area contributed by atoms with E-state index in [1.54, 1.807) is 13.0 Å². The summed E-state index contributed by atoms with van der Waals surface area (Å²) >= 11 is 0. The first kappa shape index (κ1) is 11.1. The van der Waals surface area contributed by atoms with Gasteiger partial charge in [0, 0.05) is 5.56 Å². The topological polar surface area (TPSA) is 81.0 Å². The van der Waals surface area contributed by atoms with Crippen molar-refractivity contribution in [1.82, 2.24) is 0 Å². The van der Waals surface area contributed by atoms with Crippen molar-refractivity contribution in [3.05, 3.63) is 29.3 Å². The number of hydrogen-bond donors (Lipinski definition) is 3. The first-order valence-corrected chi connectivity index (χ1v) is 5.04. The fraction of sp³-hybridized carbons (Fsp3) is 0.364. The number of benzene rings is 1. The molecule has 0 aliphatic heterocycles. The number of rotatable bonds is 2. The van der Waals surface area contributed by atoms with Gasteiger partial charge in [0.25, 0.3) is 0 Å². The van der Waals surface area contributed by atoms with Crippen LogP contribution in [0, 0.1) is 5.92 Å². The van der Waals surface area contributed by atoms with Crippen LogP contribution in [0.3, 0.4) is 0 Å². The Morgan fingerprint density at radius 1 is 1.44 bits per heavy atom. The third kappa shape index (κ3) is 1.69. The average Bonchev–Trinajstić information content (AvgIpc) is 2.55. The molecule has 5 heteroatoms. The normalized spacial score (nSPS) is 20.8. The molecule has 16 heavy (non-hydrogen) atoms. The van der Waals surface area contributed by atoms with E-state index in [1.807, 2.05) is 0 Å². The second-order valence-corrected chi connectivity index (χ2v) is 4.05. The first-order chi connectivity index (χ1) is 7.50. The zero-order valence-corrected chi connectivity index (χ0v) is 8.79. The van der Waals surface area contributed by atoms with Gasteiger partial charge in [0.05, 0.1) is 17.7 Å². The minimum absolute atomic E-state index is 0.0143. The Balaban J connectivity index is 2.37. The predicted molar refractivity (Wildman–Crippen MR) is 55.7 cm³/mol. The van der Waals surface area contributed by atoms with Crippen molar-refractivity contribution >= 4 is 11.5 Å². The van der Waals surface area contributed by atoms with Gasteiger partial charge >= 0.3 is 0 Å². The Labute approximate surface area is 92.5 Å². The second-order valence-electron chi connectivity index (χ2n) is 4.05. The Kier molecular flexibility index (Phi) is 2.67. The molecule has 0 heterocycles. The van der Waals surface area contributed by atoms with Gasteiger partial charge in [-0.15, -0.1) is 5.23 Å². The standard InChI is InChI=1S/C11H13NO4/c1-6(13)10-5-7-4-8(12(15)16)2-3-9(7)11(10)14/h2-4,6,10,13,15-16H,5H2,1H3. The summed E-state index contributed by atoms with van der Waals surface area (Å²) < 4.78 is 0. The van der Waals surface area contributed by atoms with Gasteiger partial charge in [-0.25, -0.2) is 0 Å². The van der Waals surface area contributed by atoms with E-state index in [2.05, 4.69) is 0 Å². The number of ketones is 1. The number of carbonyl (C=O) groups excluding carboxylic acids is 1. The number of fused-ring (bicyclic) bond motifs is 1. The van der Waals surface area contributed by atoms with E-state index in [0.717, 1.165) is 5.56 Å². The molecule has 2 rings (SSSR count). The Morgan fingerprint density at radius 3 is 2.69 bits per heavy atom. The van der Waals surface area contributed by atoms with Crippen LogP contribution in [0.2, 0.25) is 0 Å². The SMILES string of the molecule is CC(O)C1Cc2cc(N(O)O)ccc2C1=O. The van der Waals surface area contributed by atoms with E-state index in [9.17, 15) is 9.90 Å². The van der Waals surface area contributed by atoms with E-state index >= 15 is 0 Å². The smallest absolute Gasteiger partial charge is 0.169 e. The summed E-state index contributed by atoms with van der Waals surface area (Å²) in [5.74, 6) is -0.505. The molecule has 2 unspecified atom stereocenters. The van der Waals surface area contributed by atoms with E-state index in [0.29, 0.717) is 12.0 Å². The molecule has 3 N–H and O–H groups in total. The monoisotopic (exact) mass is 223 g/mol. The number of carbonyl (C=O) groups is 1. The lowest BCUT2D eigenvalue weighted by Crippen LogP contribution is -2.22. The fourth-order valence-electron chi connectivity index (χ4n) is 2.03. The molecule has 0 saturated carbocycles. The van der Waals surface area contributed by atoms with E-state index < -0.39 is 12.0 Å². The minimum Gasteiger partial charge on any atom is -0.393 e. The molecule has 0 amide bonds. The van der Waals surface area contributed by atoms with Crippen LogP contribution in [-0.2, 0) is 6.42 Å². The summed E-state index contributed by atoms with van der Waals surface area (Å²) in [5.41, 5.74) is 1.50. The maximum atomic E-state index is 11.8. The second kappa shape index (κ2) is 3.86. The highest BCUT2D eigenvalue weighted by molar-refractivity contribution is 6.02. The van der Waals surface area contributed by atoms with Crippen molar-refractivity contribution in [2.45, 2.75) is 19.4 Å². The number of hydrogen-bond acceptors (Lipinski definition) is 5. The number of aliphatic hydroxyl groups excluding tert-OH is 1. The van der Waals surface area contributed by atoms with Gasteiger partial charge in [0.2, 0.25) is 0 Å². The van der Waals surface area contributed by atoms with E-state index in [1.165, 1.54) is 12.1 Å². The van der Waals surface area contributed by atoms with Gasteiger partial charge in [-0.2, -0.15) is 0 Å². The highest BCUT2D eigenvalue weighted by Crippen LogP contribution is 2.31. The first-order valence-electron chi connectivity index (χ1n) is 5.04. The lowest BCUT2D eigenvalue weighted by Gasteiger charge is -2.10. The Morgan fingerprint density at radius 2 is 2.12 bits per heavy atom. The Hall–Kier alpha value is -1.43. The molecular weight excluding hydrogens is 210 g/mol. The zero-order chi connectivity index (χ0) is 11.9. The van der Waals surface area contributed by atoms with Gasteiger partial charge in [-0.05, 0) is 37.1 Å². The summed E-state index contributed by atoms with van der Waals surface area (Å²) in [6.45, 7) is 1.58. The molecule has 0 spiro atoms. The van der Waals surface area contributed by atoms with E-state index in [4.69, 9.17) is 10.4 Å². The molecule has 86 valence electrons. The van der Waals surface area contributed by atoms with Gasteiger partial charge in [0.1, 0.15) is 0 Å². The highest BCUT2D eigenvalue weighted by atomic mass is 16.8. The number of aliphatic hydroxyl groups is 1. The number of Topliss-reactive ketones (excluding diaryl/α,β-unsaturated/α-hetero) is 1. The fourth-order valence-corrected chi connectivity index (χ4v) is 2.03. The number of anilines is 1. The molecule has 0 fully saturated rings. The largest absolute Gasteiger partial charge is 0.393 e. The molecule has 0 bridgehead atoms. The molecule has 0 aromatic heterocycles. The van der Waals surface area contributed by atoms with Gasteiger partial charge < -0.3 is 5.11 Å². The molecule has 2 atom stereocenters. The van der Waals surface area contributed by atoms with E-state index in [-0.39, 0.29) is 16.7 Å².